The van der Waals surface area contributed by atoms with Crippen LogP contribution in [-0.4, -0.2) is 0 Å². The summed E-state index contributed by atoms with van der Waals surface area (Å²) in [5.41, 5.74) is 0. The summed E-state index contributed by atoms with van der Waals surface area (Å²) in [6.45, 7) is 1.74. The molecule has 1 nitrogen and oxygen atoms in total. The average Bonchev–Trinajstić information content (AvgIpc) is 2.75. The summed E-state index contributed by atoms with van der Waals surface area (Å²) in [4.78, 5) is 2.57. The molecule has 0 spiro atoms. The highest BCUT2D eigenvalue weighted by molar-refractivity contribution is 9.10. The van der Waals surface area contributed by atoms with E-state index in [-0.39, 0.29) is 0 Å². The van der Waals surface area contributed by atoms with Crippen molar-refractivity contribution in [3.05, 3.63) is 40.5 Å². The van der Waals surface area contributed by atoms with Gasteiger partial charge in [-0.3, -0.25) is 0 Å². The quantitative estimate of drug-likeness (QED) is 0.735. The molecule has 0 aliphatic heterocycles. The molecule has 0 aliphatic carbocycles. The molecule has 6 heteroatoms. The molecule has 0 saturated heterocycles. The minimum Gasteiger partial charge on any atom is -0.307 e. The summed E-state index contributed by atoms with van der Waals surface area (Å²) in [6.07, 6.45) is 0. The van der Waals surface area contributed by atoms with Gasteiger partial charge in [-0.15, -0.1) is 22.7 Å². The molecule has 2 aromatic heterocycles. The van der Waals surface area contributed by atoms with Gasteiger partial charge in [-0.1, -0.05) is 11.6 Å². The summed E-state index contributed by atoms with van der Waals surface area (Å²) < 4.78 is 2.95. The van der Waals surface area contributed by atoms with E-state index in [0.717, 1.165) is 26.4 Å². The van der Waals surface area contributed by atoms with Gasteiger partial charge in [0.15, 0.2) is 0 Å². The molecule has 0 fully saturated rings. The van der Waals surface area contributed by atoms with E-state index in [4.69, 9.17) is 11.6 Å². The van der Waals surface area contributed by atoms with Gasteiger partial charge >= 0.3 is 0 Å². The van der Waals surface area contributed by atoms with Gasteiger partial charge in [0.2, 0.25) is 0 Å². The highest BCUT2D eigenvalue weighted by atomic mass is 79.9. The molecule has 0 aliphatic rings. The third-order valence-corrected chi connectivity index (χ3v) is 6.09. The Kier molecular flexibility index (Phi) is 4.88. The van der Waals surface area contributed by atoms with Gasteiger partial charge in [0, 0.05) is 37.2 Å². The lowest BCUT2D eigenvalue weighted by Gasteiger charge is -1.99. The fraction of sp³-hybridized carbons (Fsp3) is 0.200. The van der Waals surface area contributed by atoms with Crippen LogP contribution in [0.25, 0.3) is 0 Å². The van der Waals surface area contributed by atoms with Crippen molar-refractivity contribution in [2.45, 2.75) is 13.1 Å². The van der Waals surface area contributed by atoms with Crippen molar-refractivity contribution in [2.24, 2.45) is 0 Å². The summed E-state index contributed by atoms with van der Waals surface area (Å²) >= 11 is 16.2. The highest BCUT2D eigenvalue weighted by Gasteiger charge is 2.04. The van der Waals surface area contributed by atoms with E-state index in [0.29, 0.717) is 0 Å². The standard InChI is InChI=1S/C10H8Br2ClNS2/c11-6-1-7(15-5-6)3-14-4-8-2-9(12)10(13)16-8/h1-2,5,14H,3-4H2. The lowest BCUT2D eigenvalue weighted by molar-refractivity contribution is 0.708. The molecule has 0 atom stereocenters. The van der Waals surface area contributed by atoms with Crippen molar-refractivity contribution in [3.63, 3.8) is 0 Å². The van der Waals surface area contributed by atoms with E-state index in [9.17, 15) is 0 Å². The van der Waals surface area contributed by atoms with Crippen LogP contribution in [0.15, 0.2) is 26.5 Å². The molecule has 0 unspecified atom stereocenters. The molecular weight excluding hydrogens is 394 g/mol. The maximum Gasteiger partial charge on any atom is 0.107 e. The van der Waals surface area contributed by atoms with Gasteiger partial charge in [-0.2, -0.15) is 0 Å². The van der Waals surface area contributed by atoms with Crippen LogP contribution < -0.4 is 5.32 Å². The topological polar surface area (TPSA) is 12.0 Å². The first-order chi connectivity index (χ1) is 7.65. The zero-order valence-electron chi connectivity index (χ0n) is 8.10. The number of rotatable bonds is 4. The second-order valence-corrected chi connectivity index (χ2v) is 7.67. The van der Waals surface area contributed by atoms with Gasteiger partial charge < -0.3 is 5.32 Å². The second kappa shape index (κ2) is 5.98. The van der Waals surface area contributed by atoms with Crippen molar-refractivity contribution in [3.8, 4) is 0 Å². The largest absolute Gasteiger partial charge is 0.307 e. The van der Waals surface area contributed by atoms with Crippen LogP contribution in [0.5, 0.6) is 0 Å². The highest BCUT2D eigenvalue weighted by Crippen LogP contribution is 2.31. The molecule has 0 radical (unpaired) electrons. The summed E-state index contributed by atoms with van der Waals surface area (Å²) in [5.74, 6) is 0. The number of thiophene rings is 2. The summed E-state index contributed by atoms with van der Waals surface area (Å²) in [7, 11) is 0. The Morgan fingerprint density at radius 2 is 1.94 bits per heavy atom. The maximum atomic E-state index is 5.97. The van der Waals surface area contributed by atoms with Crippen LogP contribution in [0, 0.1) is 0 Å². The number of nitrogens with one attached hydrogen (secondary N) is 1. The maximum absolute atomic E-state index is 5.97. The Hall–Kier alpha value is 0.610. The van der Waals surface area contributed by atoms with Crippen LogP contribution >= 0.6 is 66.1 Å². The van der Waals surface area contributed by atoms with Crippen molar-refractivity contribution in [1.29, 1.82) is 0 Å². The van der Waals surface area contributed by atoms with Crippen LogP contribution in [0.1, 0.15) is 9.75 Å². The third-order valence-electron chi connectivity index (χ3n) is 1.92. The average molecular weight is 402 g/mol. The molecule has 0 aromatic carbocycles. The first-order valence-corrected chi connectivity index (χ1v) is 8.18. The van der Waals surface area contributed by atoms with Gasteiger partial charge in [-0.05, 0) is 44.0 Å². The van der Waals surface area contributed by atoms with E-state index >= 15 is 0 Å². The number of hydrogen-bond donors (Lipinski definition) is 1. The molecule has 1 N–H and O–H groups in total. The Morgan fingerprint density at radius 1 is 1.19 bits per heavy atom. The lowest BCUT2D eigenvalue weighted by Crippen LogP contribution is -2.10. The molecule has 0 bridgehead atoms. The van der Waals surface area contributed by atoms with Crippen LogP contribution in [0.2, 0.25) is 4.34 Å². The van der Waals surface area contributed by atoms with Crippen molar-refractivity contribution < 1.29 is 0 Å². The second-order valence-electron chi connectivity index (χ2n) is 3.17. The molecule has 86 valence electrons. The zero-order valence-corrected chi connectivity index (χ0v) is 13.7. The summed E-state index contributed by atoms with van der Waals surface area (Å²) in [6, 6.07) is 4.19. The van der Waals surface area contributed by atoms with E-state index < -0.39 is 0 Å². The SMILES string of the molecule is Clc1sc(CNCc2cc(Br)cs2)cc1Br. The Labute approximate surface area is 124 Å². The van der Waals surface area contributed by atoms with Gasteiger partial charge in [0.25, 0.3) is 0 Å². The number of halogens is 3. The van der Waals surface area contributed by atoms with Crippen LogP contribution in [0.4, 0.5) is 0 Å². The molecule has 0 saturated carbocycles. The van der Waals surface area contributed by atoms with E-state index in [1.165, 1.54) is 9.75 Å². The van der Waals surface area contributed by atoms with E-state index in [2.05, 4.69) is 54.7 Å². The molecular formula is C10H8Br2ClNS2. The normalized spacial score (nSPS) is 10.9. The number of hydrogen-bond acceptors (Lipinski definition) is 3. The van der Waals surface area contributed by atoms with Gasteiger partial charge in [-0.25, -0.2) is 0 Å². The van der Waals surface area contributed by atoms with Crippen molar-refractivity contribution in [2.75, 3.05) is 0 Å². The predicted molar refractivity (Wildman–Crippen MR) is 79.6 cm³/mol. The molecule has 0 amide bonds. The molecule has 2 aromatic rings. The summed E-state index contributed by atoms with van der Waals surface area (Å²) in [5, 5.41) is 5.49. The monoisotopic (exact) mass is 399 g/mol. The minimum absolute atomic E-state index is 0.815. The first kappa shape index (κ1) is 13.1. The predicted octanol–water partition coefficient (Wildman–Crippen LogP) is 5.28. The Bertz CT molecular complexity index is 461. The Balaban J connectivity index is 1.84. The molecule has 2 heterocycles. The van der Waals surface area contributed by atoms with Crippen molar-refractivity contribution >= 4 is 66.1 Å². The minimum atomic E-state index is 0.815. The Morgan fingerprint density at radius 3 is 2.50 bits per heavy atom. The third kappa shape index (κ3) is 3.55. The fourth-order valence-corrected chi connectivity index (χ4v) is 4.41. The molecule has 2 rings (SSSR count). The van der Waals surface area contributed by atoms with Gasteiger partial charge in [0.1, 0.15) is 4.34 Å². The molecule has 16 heavy (non-hydrogen) atoms. The first-order valence-electron chi connectivity index (χ1n) is 4.52. The van der Waals surface area contributed by atoms with Gasteiger partial charge in [0.05, 0.1) is 0 Å². The fourth-order valence-electron chi connectivity index (χ4n) is 1.23. The van der Waals surface area contributed by atoms with E-state index in [1.54, 1.807) is 22.7 Å². The van der Waals surface area contributed by atoms with Crippen LogP contribution in [-0.2, 0) is 13.1 Å². The van der Waals surface area contributed by atoms with Crippen molar-refractivity contribution in [1.82, 2.24) is 5.32 Å². The zero-order chi connectivity index (χ0) is 11.5. The lowest BCUT2D eigenvalue weighted by atomic mass is 10.4. The van der Waals surface area contributed by atoms with E-state index in [1.807, 2.05) is 0 Å². The smallest absolute Gasteiger partial charge is 0.107 e. The van der Waals surface area contributed by atoms with Crippen LogP contribution in [0.3, 0.4) is 0 Å².